The van der Waals surface area contributed by atoms with E-state index in [1.54, 1.807) is 0 Å². The van der Waals surface area contributed by atoms with Gasteiger partial charge in [-0.2, -0.15) is 0 Å². The SMILES string of the molecule is C1=C2CC(c3ccccc3)C2Oc2ccccc21. The zero-order chi connectivity index (χ0) is 11.9. The van der Waals surface area contributed by atoms with Crippen molar-refractivity contribution >= 4 is 6.08 Å². The fourth-order valence-corrected chi connectivity index (χ4v) is 2.91. The summed E-state index contributed by atoms with van der Waals surface area (Å²) in [7, 11) is 0. The summed E-state index contributed by atoms with van der Waals surface area (Å²) in [6.45, 7) is 0. The largest absolute Gasteiger partial charge is 0.485 e. The van der Waals surface area contributed by atoms with Gasteiger partial charge in [0.15, 0.2) is 0 Å². The molecular formula is C17H14O. The fraction of sp³-hybridized carbons (Fsp3) is 0.176. The van der Waals surface area contributed by atoms with Gasteiger partial charge in [-0.3, -0.25) is 0 Å². The summed E-state index contributed by atoms with van der Waals surface area (Å²) in [4.78, 5) is 0. The summed E-state index contributed by atoms with van der Waals surface area (Å²) >= 11 is 0. The molecule has 1 saturated carbocycles. The highest BCUT2D eigenvalue weighted by molar-refractivity contribution is 5.66. The first-order valence-corrected chi connectivity index (χ1v) is 6.43. The van der Waals surface area contributed by atoms with Crippen LogP contribution in [0.1, 0.15) is 23.5 Å². The topological polar surface area (TPSA) is 9.23 Å². The summed E-state index contributed by atoms with van der Waals surface area (Å²) in [5.74, 6) is 1.54. The molecular weight excluding hydrogens is 220 g/mol. The Morgan fingerprint density at radius 2 is 1.67 bits per heavy atom. The maximum Gasteiger partial charge on any atom is 0.127 e. The first-order valence-electron chi connectivity index (χ1n) is 6.43. The van der Waals surface area contributed by atoms with Crippen molar-refractivity contribution in [2.75, 3.05) is 0 Å². The van der Waals surface area contributed by atoms with Crippen molar-refractivity contribution < 1.29 is 4.74 Å². The van der Waals surface area contributed by atoms with Crippen LogP contribution < -0.4 is 4.74 Å². The smallest absolute Gasteiger partial charge is 0.127 e. The van der Waals surface area contributed by atoms with Gasteiger partial charge in [0.2, 0.25) is 0 Å². The van der Waals surface area contributed by atoms with Crippen molar-refractivity contribution in [2.24, 2.45) is 0 Å². The van der Waals surface area contributed by atoms with Crippen LogP contribution in [0.4, 0.5) is 0 Å². The van der Waals surface area contributed by atoms with Crippen LogP contribution in [0.2, 0.25) is 0 Å². The van der Waals surface area contributed by atoms with Gasteiger partial charge in [-0.15, -0.1) is 0 Å². The van der Waals surface area contributed by atoms with Crippen LogP contribution in [0, 0.1) is 0 Å². The zero-order valence-corrected chi connectivity index (χ0v) is 10.0. The number of hydrogen-bond donors (Lipinski definition) is 0. The van der Waals surface area contributed by atoms with Crippen LogP contribution in [0.15, 0.2) is 60.2 Å². The van der Waals surface area contributed by atoms with Crippen molar-refractivity contribution in [1.29, 1.82) is 0 Å². The molecule has 88 valence electrons. The number of ether oxygens (including phenoxy) is 1. The number of benzene rings is 2. The van der Waals surface area contributed by atoms with Gasteiger partial charge in [-0.25, -0.2) is 0 Å². The van der Waals surface area contributed by atoms with Gasteiger partial charge in [0.05, 0.1) is 0 Å². The second-order valence-corrected chi connectivity index (χ2v) is 5.02. The van der Waals surface area contributed by atoms with Crippen molar-refractivity contribution in [3.63, 3.8) is 0 Å². The molecule has 2 aliphatic rings. The third-order valence-corrected chi connectivity index (χ3v) is 3.93. The molecule has 1 heterocycles. The van der Waals surface area contributed by atoms with Gasteiger partial charge in [-0.05, 0) is 29.7 Å². The van der Waals surface area contributed by atoms with E-state index < -0.39 is 0 Å². The average Bonchev–Trinajstić information content (AvgIpc) is 2.42. The molecule has 4 rings (SSSR count). The van der Waals surface area contributed by atoms with E-state index in [1.807, 2.05) is 6.07 Å². The van der Waals surface area contributed by atoms with Crippen LogP contribution in [0.25, 0.3) is 6.08 Å². The van der Waals surface area contributed by atoms with Crippen LogP contribution in [-0.4, -0.2) is 6.10 Å². The van der Waals surface area contributed by atoms with Gasteiger partial charge in [-0.1, -0.05) is 48.5 Å². The monoisotopic (exact) mass is 234 g/mol. The van der Waals surface area contributed by atoms with Gasteiger partial charge in [0.25, 0.3) is 0 Å². The standard InChI is InChI=1S/C17H14O/c1-2-6-12(7-3-1)15-11-14-10-13-8-4-5-9-16(13)18-17(14)15/h1-10,15,17H,11H2. The van der Waals surface area contributed by atoms with Gasteiger partial charge in [0.1, 0.15) is 11.9 Å². The molecule has 1 fully saturated rings. The molecule has 2 aromatic carbocycles. The molecule has 1 aliphatic heterocycles. The Kier molecular flexibility index (Phi) is 2.07. The lowest BCUT2D eigenvalue weighted by atomic mass is 9.71. The lowest BCUT2D eigenvalue weighted by molar-refractivity contribution is 0.150. The molecule has 1 heteroatoms. The van der Waals surface area contributed by atoms with Gasteiger partial charge in [0, 0.05) is 11.5 Å². The van der Waals surface area contributed by atoms with Crippen molar-refractivity contribution in [1.82, 2.24) is 0 Å². The van der Waals surface area contributed by atoms with Crippen molar-refractivity contribution in [3.8, 4) is 5.75 Å². The van der Waals surface area contributed by atoms with Crippen molar-refractivity contribution in [3.05, 3.63) is 71.3 Å². The minimum atomic E-state index is 0.252. The molecule has 0 radical (unpaired) electrons. The molecule has 0 aromatic heterocycles. The maximum absolute atomic E-state index is 6.13. The predicted molar refractivity (Wildman–Crippen MR) is 72.6 cm³/mol. The average molecular weight is 234 g/mol. The normalized spacial score (nSPS) is 24.1. The Bertz CT molecular complexity index is 613. The van der Waals surface area contributed by atoms with E-state index in [2.05, 4.69) is 54.6 Å². The summed E-state index contributed by atoms with van der Waals surface area (Å²) in [5.41, 5.74) is 4.04. The van der Waals surface area contributed by atoms with Crippen LogP contribution in [0.5, 0.6) is 5.75 Å². The number of para-hydroxylation sites is 1. The molecule has 1 nitrogen and oxygen atoms in total. The first kappa shape index (κ1) is 9.95. The molecule has 0 N–H and O–H groups in total. The molecule has 18 heavy (non-hydrogen) atoms. The minimum absolute atomic E-state index is 0.252. The van der Waals surface area contributed by atoms with E-state index in [0.29, 0.717) is 5.92 Å². The summed E-state index contributed by atoms with van der Waals surface area (Å²) in [6.07, 6.45) is 3.67. The number of rotatable bonds is 1. The molecule has 0 spiro atoms. The molecule has 2 atom stereocenters. The highest BCUT2D eigenvalue weighted by atomic mass is 16.5. The lowest BCUT2D eigenvalue weighted by Gasteiger charge is -2.42. The number of fused-ring (bicyclic) bond motifs is 2. The highest BCUT2D eigenvalue weighted by Crippen LogP contribution is 2.48. The molecule has 2 aromatic rings. The second kappa shape index (κ2) is 3.74. The summed E-state index contributed by atoms with van der Waals surface area (Å²) < 4.78 is 6.13. The summed E-state index contributed by atoms with van der Waals surface area (Å²) in [6, 6.07) is 19.0. The van der Waals surface area contributed by atoms with E-state index in [0.717, 1.165) is 12.2 Å². The minimum Gasteiger partial charge on any atom is -0.485 e. The quantitative estimate of drug-likeness (QED) is 0.724. The van der Waals surface area contributed by atoms with Crippen LogP contribution in [-0.2, 0) is 0 Å². The van der Waals surface area contributed by atoms with E-state index >= 15 is 0 Å². The van der Waals surface area contributed by atoms with E-state index in [-0.39, 0.29) is 6.10 Å². The summed E-state index contributed by atoms with van der Waals surface area (Å²) in [5, 5.41) is 0. The lowest BCUT2D eigenvalue weighted by Crippen LogP contribution is -2.39. The molecule has 2 unspecified atom stereocenters. The molecule has 0 bridgehead atoms. The molecule has 0 amide bonds. The molecule has 0 saturated heterocycles. The fourth-order valence-electron chi connectivity index (χ4n) is 2.91. The maximum atomic E-state index is 6.13. The Morgan fingerprint density at radius 1 is 0.889 bits per heavy atom. The second-order valence-electron chi connectivity index (χ2n) is 5.02. The number of hydrogen-bond acceptors (Lipinski definition) is 1. The Labute approximate surface area is 107 Å². The van der Waals surface area contributed by atoms with E-state index in [9.17, 15) is 0 Å². The van der Waals surface area contributed by atoms with Gasteiger partial charge >= 0.3 is 0 Å². The third kappa shape index (κ3) is 1.40. The Hall–Kier alpha value is -2.02. The highest BCUT2D eigenvalue weighted by Gasteiger charge is 2.40. The Morgan fingerprint density at radius 3 is 2.56 bits per heavy atom. The van der Waals surface area contributed by atoms with E-state index in [1.165, 1.54) is 16.7 Å². The van der Waals surface area contributed by atoms with Crippen molar-refractivity contribution in [2.45, 2.75) is 18.4 Å². The van der Waals surface area contributed by atoms with E-state index in [4.69, 9.17) is 4.74 Å². The van der Waals surface area contributed by atoms with Gasteiger partial charge < -0.3 is 4.74 Å². The predicted octanol–water partition coefficient (Wildman–Crippen LogP) is 4.02. The Balaban J connectivity index is 1.67. The van der Waals surface area contributed by atoms with Crippen LogP contribution >= 0.6 is 0 Å². The van der Waals surface area contributed by atoms with Crippen LogP contribution in [0.3, 0.4) is 0 Å². The first-order chi connectivity index (χ1) is 8.92. The zero-order valence-electron chi connectivity index (χ0n) is 10.0. The third-order valence-electron chi connectivity index (χ3n) is 3.93. The molecule has 1 aliphatic carbocycles.